The molecule has 0 radical (unpaired) electrons. The molecule has 0 aliphatic heterocycles. The van der Waals surface area contributed by atoms with E-state index in [9.17, 15) is 14.4 Å². The lowest BCUT2D eigenvalue weighted by molar-refractivity contribution is -0.167. The monoisotopic (exact) mass is 1080 g/mol. The van der Waals surface area contributed by atoms with Gasteiger partial charge in [-0.05, 0) is 161 Å². The third-order valence-electron chi connectivity index (χ3n) is 11.5. The van der Waals surface area contributed by atoms with E-state index in [0.717, 1.165) is 141 Å². The van der Waals surface area contributed by atoms with Crippen LogP contribution in [0.2, 0.25) is 0 Å². The molecule has 0 rings (SSSR count). The van der Waals surface area contributed by atoms with Crippen LogP contribution < -0.4 is 0 Å². The molecule has 6 heteroatoms. The molecular weight excluding hydrogens is 973 g/mol. The molecule has 0 aromatic rings. The molecule has 0 amide bonds. The van der Waals surface area contributed by atoms with E-state index in [2.05, 4.69) is 240 Å². The van der Waals surface area contributed by atoms with Gasteiger partial charge >= 0.3 is 17.9 Å². The topological polar surface area (TPSA) is 78.9 Å². The summed E-state index contributed by atoms with van der Waals surface area (Å²) in [6.45, 7) is 6.13. The molecule has 0 spiro atoms. The third-order valence-corrected chi connectivity index (χ3v) is 11.5. The quantitative estimate of drug-likeness (QED) is 0.0261. The fraction of sp³-hybridized carbons (Fsp3) is 0.466. The summed E-state index contributed by atoms with van der Waals surface area (Å²) < 4.78 is 16.7. The van der Waals surface area contributed by atoms with Crippen molar-refractivity contribution in [3.8, 4) is 0 Å². The highest BCUT2D eigenvalue weighted by atomic mass is 16.6. The number of allylic oxidation sites excluding steroid dienone is 36. The molecule has 1 atom stereocenters. The van der Waals surface area contributed by atoms with Crippen LogP contribution in [-0.2, 0) is 28.6 Å². The Morgan fingerprint density at radius 1 is 0.253 bits per heavy atom. The van der Waals surface area contributed by atoms with Crippen molar-refractivity contribution in [2.45, 2.75) is 207 Å². The Morgan fingerprint density at radius 2 is 0.456 bits per heavy atom. The predicted molar refractivity (Wildman–Crippen MR) is 343 cm³/mol. The minimum absolute atomic E-state index is 0.155. The zero-order valence-electron chi connectivity index (χ0n) is 49.5. The maximum Gasteiger partial charge on any atom is 0.306 e. The summed E-state index contributed by atoms with van der Waals surface area (Å²) in [6.07, 6.45) is 101. The fourth-order valence-electron chi connectivity index (χ4n) is 7.06. The Hall–Kier alpha value is -6.27. The first-order chi connectivity index (χ1) is 39.0. The smallest absolute Gasteiger partial charge is 0.306 e. The number of hydrogen-bond donors (Lipinski definition) is 0. The molecule has 0 saturated carbocycles. The lowest BCUT2D eigenvalue weighted by Gasteiger charge is -2.18. The first-order valence-electron chi connectivity index (χ1n) is 30.2. The van der Waals surface area contributed by atoms with Gasteiger partial charge in [0.25, 0.3) is 0 Å². The molecule has 0 aliphatic rings. The second-order valence-electron chi connectivity index (χ2n) is 18.8. The molecule has 0 heterocycles. The minimum Gasteiger partial charge on any atom is -0.462 e. The Kier molecular flexibility index (Phi) is 59.2. The first kappa shape index (κ1) is 72.7. The number of esters is 3. The maximum atomic E-state index is 12.9. The second-order valence-corrected chi connectivity index (χ2v) is 18.8. The summed E-state index contributed by atoms with van der Waals surface area (Å²) in [6, 6.07) is 0. The number of carbonyl (C=O) groups excluding carboxylic acids is 3. The van der Waals surface area contributed by atoms with Crippen LogP contribution in [0.25, 0.3) is 0 Å². The molecule has 0 bridgehead atoms. The Balaban J connectivity index is 4.64. The van der Waals surface area contributed by atoms with Gasteiger partial charge in [0.2, 0.25) is 0 Å². The van der Waals surface area contributed by atoms with Gasteiger partial charge in [-0.2, -0.15) is 0 Å². The molecule has 0 N–H and O–H groups in total. The van der Waals surface area contributed by atoms with Crippen molar-refractivity contribution >= 4 is 17.9 Å². The van der Waals surface area contributed by atoms with Gasteiger partial charge in [-0.25, -0.2) is 0 Å². The minimum atomic E-state index is -0.865. The summed E-state index contributed by atoms with van der Waals surface area (Å²) >= 11 is 0. The van der Waals surface area contributed by atoms with Crippen molar-refractivity contribution in [2.24, 2.45) is 0 Å². The zero-order valence-corrected chi connectivity index (χ0v) is 49.5. The number of carbonyl (C=O) groups is 3. The van der Waals surface area contributed by atoms with Crippen LogP contribution in [-0.4, -0.2) is 37.2 Å². The van der Waals surface area contributed by atoms with E-state index in [4.69, 9.17) is 14.2 Å². The number of hydrogen-bond acceptors (Lipinski definition) is 6. The van der Waals surface area contributed by atoms with Crippen LogP contribution in [0.15, 0.2) is 219 Å². The lowest BCUT2D eigenvalue weighted by Crippen LogP contribution is -2.30. The van der Waals surface area contributed by atoms with Crippen molar-refractivity contribution in [3.63, 3.8) is 0 Å². The SMILES string of the molecule is CC/C=C\C/C=C\C/C=C\C/C=C\C/C=C\C/C=C\C/C=C\C/C=C\CCCCC(=O)OCC(COC(=O)CCC/C=C\C/C=C\C/C=C\C/C=C\C/C=C\CC)OC(=O)CCC/C=C\C/C=C\C/C=C\C/C=C\C/C=C\CC. The van der Waals surface area contributed by atoms with E-state index in [1.54, 1.807) is 0 Å². The normalized spacial score (nSPS) is 13.7. The summed E-state index contributed by atoms with van der Waals surface area (Å²) in [7, 11) is 0. The van der Waals surface area contributed by atoms with Crippen molar-refractivity contribution in [2.75, 3.05) is 13.2 Å². The highest BCUT2D eigenvalue weighted by Crippen LogP contribution is 2.09. The molecule has 79 heavy (non-hydrogen) atoms. The van der Waals surface area contributed by atoms with E-state index < -0.39 is 12.1 Å². The average Bonchev–Trinajstić information content (AvgIpc) is 3.45. The number of ether oxygens (including phenoxy) is 3. The summed E-state index contributed by atoms with van der Waals surface area (Å²) in [4.78, 5) is 38.2. The van der Waals surface area contributed by atoms with Gasteiger partial charge in [-0.15, -0.1) is 0 Å². The van der Waals surface area contributed by atoms with Crippen LogP contribution in [0.4, 0.5) is 0 Å². The Bertz CT molecular complexity index is 2010. The summed E-state index contributed by atoms with van der Waals surface area (Å²) in [5.41, 5.74) is 0. The first-order valence-corrected chi connectivity index (χ1v) is 30.2. The molecule has 0 aromatic heterocycles. The highest BCUT2D eigenvalue weighted by Gasteiger charge is 2.19. The van der Waals surface area contributed by atoms with Gasteiger partial charge in [-0.1, -0.05) is 240 Å². The van der Waals surface area contributed by atoms with Crippen molar-refractivity contribution in [1.82, 2.24) is 0 Å². The van der Waals surface area contributed by atoms with Crippen LogP contribution in [0.1, 0.15) is 201 Å². The van der Waals surface area contributed by atoms with Gasteiger partial charge < -0.3 is 14.2 Å². The number of unbranched alkanes of at least 4 members (excludes halogenated alkanes) is 4. The lowest BCUT2D eigenvalue weighted by atomic mass is 10.2. The van der Waals surface area contributed by atoms with Crippen molar-refractivity contribution in [1.29, 1.82) is 0 Å². The predicted octanol–water partition coefficient (Wildman–Crippen LogP) is 21.0. The summed E-state index contributed by atoms with van der Waals surface area (Å²) in [5, 5.41) is 0. The van der Waals surface area contributed by atoms with Gasteiger partial charge in [-0.3, -0.25) is 14.4 Å². The van der Waals surface area contributed by atoms with E-state index in [1.807, 2.05) is 0 Å². The van der Waals surface area contributed by atoms with Gasteiger partial charge in [0.1, 0.15) is 13.2 Å². The van der Waals surface area contributed by atoms with E-state index in [-0.39, 0.29) is 44.4 Å². The zero-order chi connectivity index (χ0) is 57.1. The molecular formula is C73H106O6. The molecule has 6 nitrogen and oxygen atoms in total. The van der Waals surface area contributed by atoms with Crippen LogP contribution >= 0.6 is 0 Å². The molecule has 0 aromatic carbocycles. The van der Waals surface area contributed by atoms with E-state index in [1.165, 1.54) is 0 Å². The molecule has 434 valence electrons. The maximum absolute atomic E-state index is 12.9. The molecule has 0 aliphatic carbocycles. The highest BCUT2D eigenvalue weighted by molar-refractivity contribution is 5.71. The van der Waals surface area contributed by atoms with Crippen LogP contribution in [0.5, 0.6) is 0 Å². The Labute approximate surface area is 482 Å². The van der Waals surface area contributed by atoms with Crippen LogP contribution in [0.3, 0.4) is 0 Å². The van der Waals surface area contributed by atoms with Crippen molar-refractivity contribution in [3.05, 3.63) is 219 Å². The van der Waals surface area contributed by atoms with E-state index in [0.29, 0.717) is 19.3 Å². The second kappa shape index (κ2) is 64.3. The third kappa shape index (κ3) is 62.5. The van der Waals surface area contributed by atoms with Gasteiger partial charge in [0, 0.05) is 19.3 Å². The molecule has 0 saturated heterocycles. The van der Waals surface area contributed by atoms with Gasteiger partial charge in [0.05, 0.1) is 0 Å². The standard InChI is InChI=1S/C73H106O6/c1-4-7-10-13-16-19-22-25-28-31-32-33-34-35-36-37-38-39-40-43-45-48-51-54-57-60-63-66-72(75)78-69-70(79-73(76)67-64-61-58-55-52-49-46-42-30-27-24-21-18-15-12-9-6-3)68-77-71(74)65-62-59-56-53-50-47-44-41-29-26-23-20-17-14-11-8-5-2/h7-12,16-21,25-30,32-33,35-36,38-39,43-47,49,51,53-56,58,70H,4-6,13-15,22-24,31,34,37,40-42,48,50,52,57,59-69H2,1-3H3/b10-7-,11-8-,12-9-,19-16-,20-17-,21-18-,28-25-,29-26-,30-27-,33-32-,36-35-,39-38-,45-43-,47-44-,49-46-,54-51-,56-53-,58-55-. The Morgan fingerprint density at radius 3 is 0.709 bits per heavy atom. The average molecular weight is 1080 g/mol. The fourth-order valence-corrected chi connectivity index (χ4v) is 7.06. The number of rotatable bonds is 51. The molecule has 1 unspecified atom stereocenters. The van der Waals surface area contributed by atoms with E-state index >= 15 is 0 Å². The van der Waals surface area contributed by atoms with Crippen molar-refractivity contribution < 1.29 is 28.6 Å². The van der Waals surface area contributed by atoms with Crippen LogP contribution in [0, 0.1) is 0 Å². The largest absolute Gasteiger partial charge is 0.462 e. The summed E-state index contributed by atoms with van der Waals surface area (Å²) in [5.74, 6) is -1.13. The van der Waals surface area contributed by atoms with Gasteiger partial charge in [0.15, 0.2) is 6.10 Å². The molecule has 0 fully saturated rings.